The van der Waals surface area contributed by atoms with Crippen molar-refractivity contribution in [3.05, 3.63) is 0 Å². The van der Waals surface area contributed by atoms with Gasteiger partial charge in [0, 0.05) is 0 Å². The maximum absolute atomic E-state index is 11.6. The van der Waals surface area contributed by atoms with Gasteiger partial charge in [0.1, 0.15) is 0 Å². The molecule has 1 atom stereocenters. The van der Waals surface area contributed by atoms with E-state index in [1.54, 1.807) is 6.92 Å². The number of aliphatic hydroxyl groups is 2. The summed E-state index contributed by atoms with van der Waals surface area (Å²) in [7, 11) is -4.78. The summed E-state index contributed by atoms with van der Waals surface area (Å²) in [4.78, 5) is 22.1. The Morgan fingerprint density at radius 3 is 1.55 bits per heavy atom. The fraction of sp³-hybridized carbons (Fsp3) is 0.895. The molecule has 0 spiro atoms. The van der Waals surface area contributed by atoms with Gasteiger partial charge in [0.15, 0.2) is 11.5 Å². The van der Waals surface area contributed by atoms with E-state index in [1.165, 1.54) is 38.5 Å². The first-order valence-corrected chi connectivity index (χ1v) is 11.8. The number of carboxylic acid groups (broad SMARTS) is 1. The van der Waals surface area contributed by atoms with Gasteiger partial charge in [0.2, 0.25) is 0 Å². The van der Waals surface area contributed by atoms with Crippen molar-refractivity contribution >= 4 is 81.2 Å². The molecule has 0 aliphatic rings. The number of hydrogen-bond donors (Lipinski definition) is 4. The van der Waals surface area contributed by atoms with Crippen molar-refractivity contribution in [1.29, 1.82) is 0 Å². The average molecular weight is 491 g/mol. The monoisotopic (exact) mass is 490 g/mol. The second kappa shape index (κ2) is 25.4. The molecule has 0 fully saturated rings. The number of unbranched alkanes of at least 4 members (excludes halogenated alkanes) is 9. The van der Waals surface area contributed by atoms with Gasteiger partial charge in [-0.2, -0.15) is 8.42 Å². The van der Waals surface area contributed by atoms with Crippen LogP contribution in [0.15, 0.2) is 0 Å². The van der Waals surface area contributed by atoms with Crippen molar-refractivity contribution in [2.24, 2.45) is 0 Å². The van der Waals surface area contributed by atoms with Crippen LogP contribution in [0.2, 0.25) is 0 Å². The van der Waals surface area contributed by atoms with Crippen LogP contribution >= 0.6 is 0 Å². The van der Waals surface area contributed by atoms with E-state index in [2.05, 4.69) is 6.92 Å². The van der Waals surface area contributed by atoms with E-state index in [0.29, 0.717) is 12.8 Å². The summed E-state index contributed by atoms with van der Waals surface area (Å²) in [5, 5.41) is 22.3. The Morgan fingerprint density at radius 2 is 1.23 bits per heavy atom. The summed E-state index contributed by atoms with van der Waals surface area (Å²) in [5.41, 5.74) is 0. The zero-order chi connectivity index (χ0) is 22.7. The molecule has 0 saturated heterocycles. The van der Waals surface area contributed by atoms with Crippen molar-refractivity contribution in [2.75, 3.05) is 6.61 Å². The average Bonchev–Trinajstić information content (AvgIpc) is 2.63. The maximum atomic E-state index is 11.6. The van der Waals surface area contributed by atoms with Gasteiger partial charge in [-0.15, -0.1) is 0 Å². The van der Waals surface area contributed by atoms with Gasteiger partial charge in [-0.05, 0) is 12.8 Å². The van der Waals surface area contributed by atoms with Crippen molar-refractivity contribution in [2.45, 2.75) is 102 Å². The van der Waals surface area contributed by atoms with Gasteiger partial charge in [-0.25, -0.2) is 0 Å². The number of ether oxygens (including phenoxy) is 1. The summed E-state index contributed by atoms with van der Waals surface area (Å²) in [6, 6.07) is 0. The predicted octanol–water partition coefficient (Wildman–Crippen LogP) is 1.59. The molecule has 0 bridgehead atoms. The second-order valence-electron chi connectivity index (χ2n) is 6.84. The van der Waals surface area contributed by atoms with E-state index >= 15 is 0 Å². The normalized spacial score (nSPS) is 11.4. The Bertz CT molecular complexity index is 528. The Morgan fingerprint density at radius 1 is 0.839 bits per heavy atom. The summed E-state index contributed by atoms with van der Waals surface area (Å²) in [6.07, 6.45) is 9.39. The minimum atomic E-state index is -4.78. The van der Waals surface area contributed by atoms with Crippen LogP contribution in [-0.4, -0.2) is 117 Å². The van der Waals surface area contributed by atoms with E-state index in [0.717, 1.165) is 19.3 Å². The molecule has 1 unspecified atom stereocenters. The van der Waals surface area contributed by atoms with E-state index in [9.17, 15) is 18.0 Å². The van der Waals surface area contributed by atoms with Crippen LogP contribution in [0.5, 0.6) is 0 Å². The Hall–Kier alpha value is 0.770. The van der Waals surface area contributed by atoms with Crippen LogP contribution in [0.1, 0.15) is 90.9 Å². The number of esters is 1. The Kier molecular flexibility index (Phi) is 32.0. The van der Waals surface area contributed by atoms with Gasteiger partial charge < -0.3 is 20.1 Å². The van der Waals surface area contributed by atoms with Crippen molar-refractivity contribution in [3.8, 4) is 0 Å². The number of hydrogen-bond acceptors (Lipinski definition) is 7. The summed E-state index contributed by atoms with van der Waals surface area (Å²) >= 11 is 0. The summed E-state index contributed by atoms with van der Waals surface area (Å²) in [5.74, 6) is -2.70. The zero-order valence-electron chi connectivity index (χ0n) is 17.6. The number of carbonyl (C=O) groups is 2. The SMILES string of the molecule is CCC(O)O.CCCCCCCCCCCCOC(=O)C(CC(=O)O)S(=O)(=O)O.[NaH].[NaH]. The van der Waals surface area contributed by atoms with E-state index in [4.69, 9.17) is 24.6 Å². The van der Waals surface area contributed by atoms with Crippen LogP contribution in [0.25, 0.3) is 0 Å². The molecule has 0 saturated carbocycles. The molecule has 0 rings (SSSR count). The van der Waals surface area contributed by atoms with Crippen LogP contribution in [0, 0.1) is 0 Å². The molecule has 0 aromatic heterocycles. The number of aliphatic hydroxyl groups excluding tert-OH is 1. The van der Waals surface area contributed by atoms with E-state index in [-0.39, 0.29) is 65.7 Å². The molecule has 178 valence electrons. The molecule has 0 radical (unpaired) electrons. The van der Waals surface area contributed by atoms with E-state index < -0.39 is 40.0 Å². The number of rotatable bonds is 16. The molecule has 0 aliphatic heterocycles. The van der Waals surface area contributed by atoms with Gasteiger partial charge in [0.25, 0.3) is 10.1 Å². The first-order valence-electron chi connectivity index (χ1n) is 10.3. The predicted molar refractivity (Wildman–Crippen MR) is 123 cm³/mol. The number of aliphatic carboxylic acids is 1. The third-order valence-electron chi connectivity index (χ3n) is 4.09. The van der Waals surface area contributed by atoms with E-state index in [1.807, 2.05) is 0 Å². The van der Waals surface area contributed by atoms with Gasteiger partial charge >= 0.3 is 71.1 Å². The third kappa shape index (κ3) is 28.7. The molecule has 4 N–H and O–H groups in total. The fourth-order valence-electron chi connectivity index (χ4n) is 2.32. The van der Waals surface area contributed by atoms with Crippen LogP contribution < -0.4 is 0 Å². The topological polar surface area (TPSA) is 158 Å². The van der Waals surface area contributed by atoms with Gasteiger partial charge in [-0.1, -0.05) is 71.6 Å². The molecule has 0 heterocycles. The van der Waals surface area contributed by atoms with Crippen LogP contribution in [0.3, 0.4) is 0 Å². The molecule has 9 nitrogen and oxygen atoms in total. The first kappa shape index (κ1) is 39.0. The van der Waals surface area contributed by atoms with Gasteiger partial charge in [0.05, 0.1) is 13.0 Å². The molecule has 0 aromatic rings. The zero-order valence-corrected chi connectivity index (χ0v) is 18.4. The molecular weight excluding hydrogens is 450 g/mol. The molecule has 0 aliphatic carbocycles. The first-order chi connectivity index (χ1) is 13.6. The summed E-state index contributed by atoms with van der Waals surface area (Å²) in [6.45, 7) is 3.91. The standard InChI is InChI=1S/C16H30O7S.C3H8O2.2Na.2H/c1-2-3-4-5-6-7-8-9-10-11-12-23-16(19)14(13-15(17)18)24(20,21)22;1-2-3(4)5;;;;/h14H,2-13H2,1H3,(H,17,18)(H,20,21,22);3-5H,2H2,1H3;;;;. The van der Waals surface area contributed by atoms with Crippen LogP contribution in [-0.2, 0) is 24.4 Å². The Balaban J connectivity index is -0.000000464. The summed E-state index contributed by atoms with van der Waals surface area (Å²) < 4.78 is 35.6. The quantitative estimate of drug-likeness (QED) is 0.0828. The molecule has 0 amide bonds. The number of carbonyl (C=O) groups excluding carboxylic acids is 1. The Labute approximate surface area is 231 Å². The molecule has 12 heteroatoms. The number of carboxylic acids is 1. The van der Waals surface area contributed by atoms with Crippen molar-refractivity contribution in [1.82, 2.24) is 0 Å². The molecule has 0 aromatic carbocycles. The van der Waals surface area contributed by atoms with Gasteiger partial charge in [-0.3, -0.25) is 14.1 Å². The van der Waals surface area contributed by atoms with Crippen molar-refractivity contribution < 1.29 is 42.6 Å². The van der Waals surface area contributed by atoms with Crippen LogP contribution in [0.4, 0.5) is 0 Å². The fourth-order valence-corrected chi connectivity index (χ4v) is 2.99. The minimum absolute atomic E-state index is 0. The third-order valence-corrected chi connectivity index (χ3v) is 5.17. The van der Waals surface area contributed by atoms with Crippen molar-refractivity contribution in [3.63, 3.8) is 0 Å². The second-order valence-corrected chi connectivity index (χ2v) is 8.44. The molecular formula is C19H40Na2O9S. The molecule has 31 heavy (non-hydrogen) atoms.